The topological polar surface area (TPSA) is 122 Å². The predicted molar refractivity (Wildman–Crippen MR) is 98.5 cm³/mol. The maximum atomic E-state index is 12.2. The van der Waals surface area contributed by atoms with Crippen LogP contribution >= 0.6 is 11.6 Å². The molecule has 9 nitrogen and oxygen atoms in total. The number of hydrogen-bond acceptors (Lipinski definition) is 5. The minimum absolute atomic E-state index is 0.246. The molecule has 0 atom stereocenters. The van der Waals surface area contributed by atoms with Crippen LogP contribution in [-0.4, -0.2) is 33.5 Å². The number of amides is 3. The molecule has 0 unspecified atom stereocenters. The van der Waals surface area contributed by atoms with E-state index in [0.717, 1.165) is 0 Å². The summed E-state index contributed by atoms with van der Waals surface area (Å²) in [4.78, 5) is 47.4. The summed E-state index contributed by atoms with van der Waals surface area (Å²) < 4.78 is 1.39. The van der Waals surface area contributed by atoms with Crippen molar-refractivity contribution in [3.8, 4) is 5.69 Å². The molecule has 142 valence electrons. The Labute approximate surface area is 159 Å². The van der Waals surface area contributed by atoms with Crippen LogP contribution in [0.15, 0.2) is 35.1 Å². The third-order valence-electron chi connectivity index (χ3n) is 3.31. The van der Waals surface area contributed by atoms with Gasteiger partial charge in [0.05, 0.1) is 5.69 Å². The summed E-state index contributed by atoms with van der Waals surface area (Å²) in [5.74, 6) is -2.93. The Bertz CT molecular complexity index is 937. The SMILES string of the molecule is Cc1cc(=O)c(C(=O)NNC(=O)C(=O)NC(C)C)nn1-c1ccc(Cl)cc1. The summed E-state index contributed by atoms with van der Waals surface area (Å²) in [6.07, 6.45) is 0. The van der Waals surface area contributed by atoms with Gasteiger partial charge in [-0.25, -0.2) is 4.68 Å². The van der Waals surface area contributed by atoms with E-state index in [4.69, 9.17) is 11.6 Å². The van der Waals surface area contributed by atoms with Gasteiger partial charge < -0.3 is 5.32 Å². The second-order valence-electron chi connectivity index (χ2n) is 5.92. The van der Waals surface area contributed by atoms with E-state index in [0.29, 0.717) is 16.4 Å². The molecule has 3 N–H and O–H groups in total. The number of benzene rings is 1. The van der Waals surface area contributed by atoms with E-state index in [2.05, 4.69) is 10.4 Å². The summed E-state index contributed by atoms with van der Waals surface area (Å²) in [7, 11) is 0. The van der Waals surface area contributed by atoms with Gasteiger partial charge >= 0.3 is 11.8 Å². The quantitative estimate of drug-likeness (QED) is 0.519. The van der Waals surface area contributed by atoms with Crippen LogP contribution in [0.25, 0.3) is 5.69 Å². The summed E-state index contributed by atoms with van der Waals surface area (Å²) >= 11 is 5.86. The zero-order valence-corrected chi connectivity index (χ0v) is 15.6. The van der Waals surface area contributed by atoms with Crippen molar-refractivity contribution in [2.75, 3.05) is 0 Å². The number of halogens is 1. The number of nitrogens with one attached hydrogen (secondary N) is 3. The largest absolute Gasteiger partial charge is 0.346 e. The minimum atomic E-state index is -1.07. The fourth-order valence-corrected chi connectivity index (χ4v) is 2.23. The van der Waals surface area contributed by atoms with Crippen molar-refractivity contribution >= 4 is 29.3 Å². The van der Waals surface area contributed by atoms with Crippen molar-refractivity contribution in [2.45, 2.75) is 26.8 Å². The zero-order chi connectivity index (χ0) is 20.1. The van der Waals surface area contributed by atoms with Crippen LogP contribution in [0.1, 0.15) is 30.0 Å². The number of nitrogens with zero attached hydrogens (tertiary/aromatic N) is 2. The average molecular weight is 392 g/mol. The van der Waals surface area contributed by atoms with Gasteiger partial charge in [-0.1, -0.05) is 11.6 Å². The third-order valence-corrected chi connectivity index (χ3v) is 3.56. The first-order valence-electron chi connectivity index (χ1n) is 7.97. The molecule has 1 heterocycles. The lowest BCUT2D eigenvalue weighted by molar-refractivity contribution is -0.139. The zero-order valence-electron chi connectivity index (χ0n) is 14.9. The molecule has 0 saturated heterocycles. The number of carbonyl (C=O) groups is 3. The lowest BCUT2D eigenvalue weighted by Crippen LogP contribution is -2.50. The molecule has 3 amide bonds. The van der Waals surface area contributed by atoms with Gasteiger partial charge in [0.15, 0.2) is 5.69 Å². The fraction of sp³-hybridized carbons (Fsp3) is 0.235. The number of aryl methyl sites for hydroxylation is 1. The molecule has 2 aromatic rings. The highest BCUT2D eigenvalue weighted by molar-refractivity contribution is 6.35. The number of carbonyl (C=O) groups excluding carboxylic acids is 3. The van der Waals surface area contributed by atoms with Crippen LogP contribution in [0.4, 0.5) is 0 Å². The van der Waals surface area contributed by atoms with Gasteiger partial charge in [-0.15, -0.1) is 0 Å². The molecule has 0 saturated carbocycles. The van der Waals surface area contributed by atoms with Gasteiger partial charge in [0.25, 0.3) is 5.91 Å². The Morgan fingerprint density at radius 3 is 2.30 bits per heavy atom. The van der Waals surface area contributed by atoms with E-state index in [1.54, 1.807) is 45.0 Å². The Morgan fingerprint density at radius 1 is 1.07 bits per heavy atom. The molecular weight excluding hydrogens is 374 g/mol. The van der Waals surface area contributed by atoms with E-state index in [-0.39, 0.29) is 6.04 Å². The lowest BCUT2D eigenvalue weighted by atomic mass is 10.2. The van der Waals surface area contributed by atoms with Gasteiger partial charge in [-0.2, -0.15) is 5.10 Å². The van der Waals surface area contributed by atoms with Crippen molar-refractivity contribution < 1.29 is 14.4 Å². The molecule has 0 spiro atoms. The average Bonchev–Trinajstić information content (AvgIpc) is 2.60. The van der Waals surface area contributed by atoms with E-state index < -0.39 is 28.8 Å². The monoisotopic (exact) mass is 391 g/mol. The van der Waals surface area contributed by atoms with E-state index in [1.807, 2.05) is 10.9 Å². The molecule has 1 aromatic heterocycles. The first-order chi connectivity index (χ1) is 12.7. The summed E-state index contributed by atoms with van der Waals surface area (Å²) in [5.41, 5.74) is 3.96. The third kappa shape index (κ3) is 5.14. The standard InChI is InChI=1S/C17H18ClN5O4/c1-9(2)19-16(26)17(27)21-20-15(25)14-13(24)8-10(3)23(22-14)12-6-4-11(18)5-7-12/h4-9H,1-3H3,(H,19,26)(H,20,25)(H,21,27). The van der Waals surface area contributed by atoms with Crippen molar-refractivity contribution in [2.24, 2.45) is 0 Å². The number of hydrogen-bond donors (Lipinski definition) is 3. The molecule has 2 rings (SSSR count). The van der Waals surface area contributed by atoms with E-state index in [9.17, 15) is 19.2 Å². The first-order valence-corrected chi connectivity index (χ1v) is 8.35. The molecule has 0 aliphatic carbocycles. The Morgan fingerprint density at radius 2 is 1.70 bits per heavy atom. The molecule has 10 heteroatoms. The molecule has 1 aromatic carbocycles. The van der Waals surface area contributed by atoms with Gasteiger partial charge in [0.2, 0.25) is 5.43 Å². The van der Waals surface area contributed by atoms with Crippen LogP contribution in [0, 0.1) is 6.92 Å². The van der Waals surface area contributed by atoms with Crippen LogP contribution in [0.5, 0.6) is 0 Å². The van der Waals surface area contributed by atoms with Crippen molar-refractivity contribution in [1.29, 1.82) is 0 Å². The highest BCUT2D eigenvalue weighted by atomic mass is 35.5. The van der Waals surface area contributed by atoms with Crippen molar-refractivity contribution in [3.05, 3.63) is 57.0 Å². The maximum Gasteiger partial charge on any atom is 0.327 e. The Kier molecular flexibility index (Phi) is 6.30. The summed E-state index contributed by atoms with van der Waals surface area (Å²) in [5, 5.41) is 6.93. The lowest BCUT2D eigenvalue weighted by Gasteiger charge is -2.12. The maximum absolute atomic E-state index is 12.2. The van der Waals surface area contributed by atoms with Crippen LogP contribution in [0.3, 0.4) is 0 Å². The van der Waals surface area contributed by atoms with Gasteiger partial charge in [-0.3, -0.25) is 30.0 Å². The van der Waals surface area contributed by atoms with Gasteiger partial charge in [0.1, 0.15) is 0 Å². The molecule has 0 fully saturated rings. The van der Waals surface area contributed by atoms with Gasteiger partial charge in [-0.05, 0) is 45.0 Å². The van der Waals surface area contributed by atoms with Crippen molar-refractivity contribution in [1.82, 2.24) is 25.9 Å². The second-order valence-corrected chi connectivity index (χ2v) is 6.36. The number of hydrazine groups is 1. The van der Waals surface area contributed by atoms with E-state index in [1.165, 1.54) is 10.7 Å². The number of rotatable bonds is 3. The highest BCUT2D eigenvalue weighted by Gasteiger charge is 2.19. The molecule has 0 radical (unpaired) electrons. The van der Waals surface area contributed by atoms with Crippen LogP contribution in [0.2, 0.25) is 5.02 Å². The number of aromatic nitrogens is 2. The first kappa shape index (κ1) is 20.1. The van der Waals surface area contributed by atoms with Crippen LogP contribution in [-0.2, 0) is 9.59 Å². The molecule has 27 heavy (non-hydrogen) atoms. The normalized spacial score (nSPS) is 10.4. The minimum Gasteiger partial charge on any atom is -0.346 e. The molecule has 0 aliphatic rings. The summed E-state index contributed by atoms with van der Waals surface area (Å²) in [6, 6.07) is 7.62. The highest BCUT2D eigenvalue weighted by Crippen LogP contribution is 2.13. The smallest absolute Gasteiger partial charge is 0.327 e. The Hall–Kier alpha value is -3.20. The van der Waals surface area contributed by atoms with Crippen molar-refractivity contribution in [3.63, 3.8) is 0 Å². The molecular formula is C17H18ClN5O4. The Balaban J connectivity index is 2.20. The van der Waals surface area contributed by atoms with E-state index >= 15 is 0 Å². The predicted octanol–water partition coefficient (Wildman–Crippen LogP) is 0.480. The fourth-order valence-electron chi connectivity index (χ4n) is 2.11. The molecule has 0 aliphatic heterocycles. The van der Waals surface area contributed by atoms with Gasteiger partial charge in [0, 0.05) is 22.8 Å². The summed E-state index contributed by atoms with van der Waals surface area (Å²) in [6.45, 7) is 5.02. The molecule has 0 bridgehead atoms. The second kappa shape index (κ2) is 8.45. The van der Waals surface area contributed by atoms with Crippen LogP contribution < -0.4 is 21.6 Å².